The standard InChI is InChI=1S/C8H8N2O2.BH3O3/c9-7(11)5-3-1-2-4-6(5)8(10)12;2-1(3)4/h1-4H,(H2,9,11)(H2,10,12);2-4H. The summed E-state index contributed by atoms with van der Waals surface area (Å²) in [6.45, 7) is 0. The maximum atomic E-state index is 10.7. The van der Waals surface area contributed by atoms with E-state index >= 15 is 0 Å². The molecule has 0 fully saturated rings. The van der Waals surface area contributed by atoms with Gasteiger partial charge in [0, 0.05) is 0 Å². The zero-order valence-corrected chi connectivity index (χ0v) is 8.20. The van der Waals surface area contributed by atoms with Crippen LogP contribution in [0.1, 0.15) is 20.7 Å². The summed E-state index contributed by atoms with van der Waals surface area (Å²) >= 11 is 0. The second-order valence-electron chi connectivity index (χ2n) is 2.62. The summed E-state index contributed by atoms with van der Waals surface area (Å²) in [6, 6.07) is 6.16. The van der Waals surface area contributed by atoms with Gasteiger partial charge in [0.25, 0.3) is 0 Å². The number of rotatable bonds is 2. The van der Waals surface area contributed by atoms with E-state index in [0.717, 1.165) is 0 Å². The quantitative estimate of drug-likeness (QED) is 0.364. The van der Waals surface area contributed by atoms with Crippen LogP contribution in [0, 0.1) is 0 Å². The highest BCUT2D eigenvalue weighted by molar-refractivity contribution is 6.30. The summed E-state index contributed by atoms with van der Waals surface area (Å²) in [5.74, 6) is -1.30. The Morgan fingerprint density at radius 3 is 1.38 bits per heavy atom. The van der Waals surface area contributed by atoms with Crippen molar-refractivity contribution in [3.05, 3.63) is 35.4 Å². The van der Waals surface area contributed by atoms with Crippen molar-refractivity contribution in [1.82, 2.24) is 0 Å². The molecular formula is C8H11BN2O5. The maximum absolute atomic E-state index is 10.7. The molecule has 86 valence electrons. The van der Waals surface area contributed by atoms with E-state index in [-0.39, 0.29) is 11.1 Å². The van der Waals surface area contributed by atoms with Crippen molar-refractivity contribution >= 4 is 19.1 Å². The van der Waals surface area contributed by atoms with Gasteiger partial charge in [0.15, 0.2) is 0 Å². The van der Waals surface area contributed by atoms with E-state index in [2.05, 4.69) is 0 Å². The molecule has 0 aliphatic rings. The fraction of sp³-hybridized carbons (Fsp3) is 0. The van der Waals surface area contributed by atoms with Gasteiger partial charge < -0.3 is 26.5 Å². The van der Waals surface area contributed by atoms with Crippen molar-refractivity contribution in [2.45, 2.75) is 0 Å². The van der Waals surface area contributed by atoms with Gasteiger partial charge in [-0.15, -0.1) is 0 Å². The monoisotopic (exact) mass is 226 g/mol. The lowest BCUT2D eigenvalue weighted by atomic mass is 10.1. The molecule has 0 spiro atoms. The SMILES string of the molecule is NC(=O)c1ccccc1C(N)=O.OB(O)O. The van der Waals surface area contributed by atoms with Crippen LogP contribution in [0.5, 0.6) is 0 Å². The molecule has 7 nitrogen and oxygen atoms in total. The molecule has 0 saturated heterocycles. The molecule has 0 unspecified atom stereocenters. The summed E-state index contributed by atoms with van der Waals surface area (Å²) in [6.07, 6.45) is 0. The zero-order chi connectivity index (χ0) is 12.7. The highest BCUT2D eigenvalue weighted by atomic mass is 16.5. The summed E-state index contributed by atoms with van der Waals surface area (Å²) < 4.78 is 0. The van der Waals surface area contributed by atoms with Gasteiger partial charge in [-0.3, -0.25) is 9.59 Å². The van der Waals surface area contributed by atoms with E-state index < -0.39 is 19.1 Å². The van der Waals surface area contributed by atoms with Crippen LogP contribution in [-0.2, 0) is 0 Å². The third-order valence-electron chi connectivity index (χ3n) is 1.46. The smallest absolute Gasteiger partial charge is 0.402 e. The molecule has 16 heavy (non-hydrogen) atoms. The summed E-state index contributed by atoms with van der Waals surface area (Å²) in [5, 5.41) is 21.5. The Bertz CT molecular complexity index is 347. The highest BCUT2D eigenvalue weighted by Crippen LogP contribution is 2.06. The highest BCUT2D eigenvalue weighted by Gasteiger charge is 2.10. The minimum Gasteiger partial charge on any atom is -0.402 e. The van der Waals surface area contributed by atoms with E-state index in [0.29, 0.717) is 0 Å². The number of amides is 2. The molecule has 0 atom stereocenters. The molecule has 1 rings (SSSR count). The van der Waals surface area contributed by atoms with Gasteiger partial charge in [0.2, 0.25) is 11.8 Å². The Morgan fingerprint density at radius 2 is 1.19 bits per heavy atom. The minimum absolute atomic E-state index is 0.157. The molecular weight excluding hydrogens is 215 g/mol. The molecule has 0 saturated carbocycles. The van der Waals surface area contributed by atoms with Gasteiger partial charge in [-0.1, -0.05) is 12.1 Å². The van der Waals surface area contributed by atoms with Crippen molar-refractivity contribution in [1.29, 1.82) is 0 Å². The Kier molecular flexibility index (Phi) is 5.79. The summed E-state index contributed by atoms with van der Waals surface area (Å²) in [4.78, 5) is 21.5. The van der Waals surface area contributed by atoms with Crippen molar-refractivity contribution < 1.29 is 24.7 Å². The number of nitrogens with two attached hydrogens (primary N) is 2. The fourth-order valence-electron chi connectivity index (χ4n) is 0.913. The maximum Gasteiger partial charge on any atom is 0.631 e. The average Bonchev–Trinajstić information content (AvgIpc) is 2.16. The molecule has 0 aliphatic carbocycles. The topological polar surface area (TPSA) is 147 Å². The van der Waals surface area contributed by atoms with Crippen molar-refractivity contribution in [3.63, 3.8) is 0 Å². The van der Waals surface area contributed by atoms with Gasteiger partial charge in [0.1, 0.15) is 0 Å². The normalized spacial score (nSPS) is 8.69. The van der Waals surface area contributed by atoms with Crippen LogP contribution < -0.4 is 11.5 Å². The minimum atomic E-state index is -2.17. The van der Waals surface area contributed by atoms with Crippen molar-refractivity contribution in [2.24, 2.45) is 11.5 Å². The van der Waals surface area contributed by atoms with Crippen molar-refractivity contribution in [2.75, 3.05) is 0 Å². The Labute approximate surface area is 91.5 Å². The lowest BCUT2D eigenvalue weighted by Crippen LogP contribution is -2.20. The van der Waals surface area contributed by atoms with Crippen molar-refractivity contribution in [3.8, 4) is 0 Å². The Hall–Kier alpha value is -1.90. The molecule has 0 aromatic heterocycles. The molecule has 2 amide bonds. The van der Waals surface area contributed by atoms with E-state index in [1.54, 1.807) is 12.1 Å². The van der Waals surface area contributed by atoms with E-state index in [9.17, 15) is 9.59 Å². The second kappa shape index (κ2) is 6.56. The number of benzene rings is 1. The van der Waals surface area contributed by atoms with Crippen LogP contribution >= 0.6 is 0 Å². The van der Waals surface area contributed by atoms with Crippen LogP contribution in [0.25, 0.3) is 0 Å². The Morgan fingerprint density at radius 1 is 0.938 bits per heavy atom. The molecule has 1 aromatic rings. The molecule has 1 aromatic carbocycles. The molecule has 0 heterocycles. The third-order valence-corrected chi connectivity index (χ3v) is 1.46. The van der Waals surface area contributed by atoms with Crippen LogP contribution in [0.3, 0.4) is 0 Å². The largest absolute Gasteiger partial charge is 0.631 e. The molecule has 0 aliphatic heterocycles. The Balaban J connectivity index is 0.000000487. The number of carbonyl (C=O) groups excluding carboxylic acids is 2. The fourth-order valence-corrected chi connectivity index (χ4v) is 0.913. The number of hydrogen-bond acceptors (Lipinski definition) is 5. The van der Waals surface area contributed by atoms with Crippen LogP contribution in [0.2, 0.25) is 0 Å². The van der Waals surface area contributed by atoms with Gasteiger partial charge in [0.05, 0.1) is 11.1 Å². The summed E-state index contributed by atoms with van der Waals surface area (Å²) in [5.41, 5.74) is 10.3. The van der Waals surface area contributed by atoms with Gasteiger partial charge in [-0.25, -0.2) is 0 Å². The van der Waals surface area contributed by atoms with E-state index in [1.165, 1.54) is 12.1 Å². The molecule has 0 radical (unpaired) electrons. The predicted octanol–water partition coefficient (Wildman–Crippen LogP) is -2.17. The average molecular weight is 226 g/mol. The lowest BCUT2D eigenvalue weighted by molar-refractivity contribution is 0.0967. The molecule has 0 bridgehead atoms. The zero-order valence-electron chi connectivity index (χ0n) is 8.20. The summed E-state index contributed by atoms with van der Waals surface area (Å²) in [7, 11) is -2.17. The molecule has 8 heteroatoms. The first-order chi connectivity index (χ1) is 7.36. The first-order valence-electron chi connectivity index (χ1n) is 4.09. The van der Waals surface area contributed by atoms with E-state index in [1.807, 2.05) is 0 Å². The number of carbonyl (C=O) groups is 2. The number of hydrogen-bond donors (Lipinski definition) is 5. The van der Waals surface area contributed by atoms with Crippen LogP contribution in [-0.4, -0.2) is 34.2 Å². The van der Waals surface area contributed by atoms with Crippen LogP contribution in [0.4, 0.5) is 0 Å². The first kappa shape index (κ1) is 14.1. The van der Waals surface area contributed by atoms with E-state index in [4.69, 9.17) is 26.5 Å². The first-order valence-corrected chi connectivity index (χ1v) is 4.09. The van der Waals surface area contributed by atoms with Crippen LogP contribution in [0.15, 0.2) is 24.3 Å². The van der Waals surface area contributed by atoms with Gasteiger partial charge >= 0.3 is 7.32 Å². The van der Waals surface area contributed by atoms with Gasteiger partial charge in [-0.05, 0) is 12.1 Å². The third kappa shape index (κ3) is 5.10. The lowest BCUT2D eigenvalue weighted by Gasteiger charge is -2.00. The molecule has 7 N–H and O–H groups in total. The number of primary amides is 2. The second-order valence-corrected chi connectivity index (χ2v) is 2.62. The van der Waals surface area contributed by atoms with Gasteiger partial charge in [-0.2, -0.15) is 0 Å². The predicted molar refractivity (Wildman–Crippen MR) is 55.9 cm³/mol.